The highest BCUT2D eigenvalue weighted by Gasteiger charge is 2.36. The molecule has 56 valence electrons. The zero-order valence-electron chi connectivity index (χ0n) is 6.01. The van der Waals surface area contributed by atoms with Crippen molar-refractivity contribution in [3.63, 3.8) is 0 Å². The fraction of sp³-hybridized carbons (Fsp3) is 0.875. The van der Waals surface area contributed by atoms with E-state index in [1.807, 2.05) is 11.8 Å². The molecule has 10 heavy (non-hydrogen) atoms. The minimum Gasteiger partial charge on any atom is -0.298 e. The van der Waals surface area contributed by atoms with Gasteiger partial charge in [0.25, 0.3) is 0 Å². The van der Waals surface area contributed by atoms with Gasteiger partial charge in [0, 0.05) is 11.2 Å². The Kier molecular flexibility index (Phi) is 1.73. The summed E-state index contributed by atoms with van der Waals surface area (Å²) in [5, 5.41) is 0.709. The SMILES string of the molecule is O=C1CSC2CCCCC12. The minimum absolute atomic E-state index is 0.457. The van der Waals surface area contributed by atoms with E-state index < -0.39 is 0 Å². The van der Waals surface area contributed by atoms with E-state index >= 15 is 0 Å². The third-order valence-corrected chi connectivity index (χ3v) is 4.00. The van der Waals surface area contributed by atoms with Gasteiger partial charge in [-0.25, -0.2) is 0 Å². The van der Waals surface area contributed by atoms with Crippen LogP contribution in [0, 0.1) is 5.92 Å². The molecule has 2 aliphatic rings. The lowest BCUT2D eigenvalue weighted by Crippen LogP contribution is -2.22. The first-order valence-corrected chi connectivity index (χ1v) is 5.07. The summed E-state index contributed by atoms with van der Waals surface area (Å²) in [6.45, 7) is 0. The van der Waals surface area contributed by atoms with Crippen molar-refractivity contribution in [2.45, 2.75) is 30.9 Å². The van der Waals surface area contributed by atoms with E-state index in [0.29, 0.717) is 17.0 Å². The van der Waals surface area contributed by atoms with Gasteiger partial charge in [-0.3, -0.25) is 4.79 Å². The molecule has 1 aliphatic heterocycles. The van der Waals surface area contributed by atoms with Gasteiger partial charge < -0.3 is 0 Å². The first-order valence-electron chi connectivity index (χ1n) is 4.02. The lowest BCUT2D eigenvalue weighted by Gasteiger charge is -2.22. The Morgan fingerprint density at radius 3 is 2.90 bits per heavy atom. The molecule has 0 N–H and O–H groups in total. The van der Waals surface area contributed by atoms with Gasteiger partial charge in [0.05, 0.1) is 5.75 Å². The number of fused-ring (bicyclic) bond motifs is 1. The number of carbonyl (C=O) groups excluding carboxylic acids is 1. The van der Waals surface area contributed by atoms with Gasteiger partial charge in [-0.2, -0.15) is 0 Å². The quantitative estimate of drug-likeness (QED) is 0.532. The fourth-order valence-corrected chi connectivity index (χ4v) is 3.41. The van der Waals surface area contributed by atoms with Crippen LogP contribution in [0.2, 0.25) is 0 Å². The summed E-state index contributed by atoms with van der Waals surface area (Å²) < 4.78 is 0. The first kappa shape index (κ1) is 6.71. The van der Waals surface area contributed by atoms with Gasteiger partial charge in [-0.1, -0.05) is 12.8 Å². The van der Waals surface area contributed by atoms with Gasteiger partial charge >= 0.3 is 0 Å². The lowest BCUT2D eigenvalue weighted by molar-refractivity contribution is -0.120. The van der Waals surface area contributed by atoms with Crippen LogP contribution in [0.25, 0.3) is 0 Å². The molecule has 1 saturated carbocycles. The molecule has 0 aromatic heterocycles. The van der Waals surface area contributed by atoms with Gasteiger partial charge in [0.2, 0.25) is 0 Å². The smallest absolute Gasteiger partial charge is 0.146 e. The van der Waals surface area contributed by atoms with E-state index in [4.69, 9.17) is 0 Å². The molecule has 2 rings (SSSR count). The molecule has 0 spiro atoms. The summed E-state index contributed by atoms with van der Waals surface area (Å²) in [7, 11) is 0. The Morgan fingerprint density at radius 2 is 2.10 bits per heavy atom. The predicted octanol–water partition coefficient (Wildman–Crippen LogP) is 1.86. The van der Waals surface area contributed by atoms with Crippen LogP contribution < -0.4 is 0 Å². The Morgan fingerprint density at radius 1 is 1.30 bits per heavy atom. The molecule has 2 unspecified atom stereocenters. The summed E-state index contributed by atoms with van der Waals surface area (Å²) in [5.41, 5.74) is 0. The van der Waals surface area contributed by atoms with Crippen molar-refractivity contribution in [1.29, 1.82) is 0 Å². The number of hydrogen-bond acceptors (Lipinski definition) is 2. The molecule has 2 fully saturated rings. The van der Waals surface area contributed by atoms with Gasteiger partial charge in [0.15, 0.2) is 0 Å². The zero-order chi connectivity index (χ0) is 6.97. The van der Waals surface area contributed by atoms with E-state index in [-0.39, 0.29) is 0 Å². The molecule has 0 bridgehead atoms. The average molecular weight is 156 g/mol. The van der Waals surface area contributed by atoms with Crippen molar-refractivity contribution >= 4 is 17.5 Å². The zero-order valence-corrected chi connectivity index (χ0v) is 6.82. The lowest BCUT2D eigenvalue weighted by atomic mass is 9.87. The normalized spacial score (nSPS) is 39.8. The molecule has 0 radical (unpaired) electrons. The van der Waals surface area contributed by atoms with E-state index in [0.717, 1.165) is 5.75 Å². The summed E-state index contributed by atoms with van der Waals surface area (Å²) in [6.07, 6.45) is 5.10. The highest BCUT2D eigenvalue weighted by molar-refractivity contribution is 8.01. The highest BCUT2D eigenvalue weighted by atomic mass is 32.2. The van der Waals surface area contributed by atoms with Crippen molar-refractivity contribution in [3.8, 4) is 0 Å². The second-order valence-corrected chi connectivity index (χ2v) is 4.43. The second-order valence-electron chi connectivity index (χ2n) is 3.21. The number of carbonyl (C=O) groups is 1. The minimum atomic E-state index is 0.457. The van der Waals surface area contributed by atoms with Gasteiger partial charge in [-0.15, -0.1) is 11.8 Å². The Balaban J connectivity index is 2.08. The Hall–Kier alpha value is 0.0200. The number of thioether (sulfide) groups is 1. The largest absolute Gasteiger partial charge is 0.298 e. The Labute approximate surface area is 65.6 Å². The van der Waals surface area contributed by atoms with Crippen LogP contribution in [0.3, 0.4) is 0 Å². The number of rotatable bonds is 0. The van der Waals surface area contributed by atoms with Crippen LogP contribution in [-0.4, -0.2) is 16.8 Å². The molecule has 0 aromatic carbocycles. The third-order valence-electron chi connectivity index (χ3n) is 2.56. The molecule has 1 heterocycles. The van der Waals surface area contributed by atoms with E-state index in [1.54, 1.807) is 0 Å². The van der Waals surface area contributed by atoms with E-state index in [9.17, 15) is 4.79 Å². The monoisotopic (exact) mass is 156 g/mol. The maximum atomic E-state index is 11.2. The third kappa shape index (κ3) is 0.986. The molecule has 1 nitrogen and oxygen atoms in total. The molecule has 2 atom stereocenters. The maximum Gasteiger partial charge on any atom is 0.146 e. The average Bonchev–Trinajstić information content (AvgIpc) is 2.34. The van der Waals surface area contributed by atoms with Crippen LogP contribution in [0.4, 0.5) is 0 Å². The molecular weight excluding hydrogens is 144 g/mol. The molecule has 0 aromatic rings. The van der Waals surface area contributed by atoms with Crippen molar-refractivity contribution in [2.24, 2.45) is 5.92 Å². The first-order chi connectivity index (χ1) is 4.88. The highest BCUT2D eigenvalue weighted by Crippen LogP contribution is 2.39. The number of Topliss-reactive ketones (excluding diaryl/α,β-unsaturated/α-hetero) is 1. The predicted molar refractivity (Wildman–Crippen MR) is 43.2 cm³/mol. The van der Waals surface area contributed by atoms with Crippen LogP contribution in [0.15, 0.2) is 0 Å². The molecular formula is C8H12OS. The topological polar surface area (TPSA) is 17.1 Å². The maximum absolute atomic E-state index is 11.2. The van der Waals surface area contributed by atoms with Crippen LogP contribution >= 0.6 is 11.8 Å². The number of hydrogen-bond donors (Lipinski definition) is 0. The van der Waals surface area contributed by atoms with Gasteiger partial charge in [-0.05, 0) is 12.8 Å². The second kappa shape index (κ2) is 2.57. The molecule has 1 saturated heterocycles. The van der Waals surface area contributed by atoms with Crippen LogP contribution in [0.5, 0.6) is 0 Å². The summed E-state index contributed by atoms with van der Waals surface area (Å²) in [4.78, 5) is 11.2. The van der Waals surface area contributed by atoms with Crippen molar-refractivity contribution in [1.82, 2.24) is 0 Å². The van der Waals surface area contributed by atoms with E-state index in [2.05, 4.69) is 0 Å². The van der Waals surface area contributed by atoms with Crippen molar-refractivity contribution in [2.75, 3.05) is 5.75 Å². The summed E-state index contributed by atoms with van der Waals surface area (Å²) >= 11 is 1.88. The number of ketones is 1. The van der Waals surface area contributed by atoms with Crippen LogP contribution in [0.1, 0.15) is 25.7 Å². The summed E-state index contributed by atoms with van der Waals surface area (Å²) in [6, 6.07) is 0. The standard InChI is InChI=1S/C8H12OS/c9-7-5-10-8-4-2-1-3-6(7)8/h6,8H,1-5H2. The van der Waals surface area contributed by atoms with Crippen molar-refractivity contribution < 1.29 is 4.79 Å². The van der Waals surface area contributed by atoms with Crippen molar-refractivity contribution in [3.05, 3.63) is 0 Å². The van der Waals surface area contributed by atoms with E-state index in [1.165, 1.54) is 25.7 Å². The fourth-order valence-electron chi connectivity index (χ4n) is 1.96. The van der Waals surface area contributed by atoms with Crippen LogP contribution in [-0.2, 0) is 4.79 Å². The molecule has 2 heteroatoms. The van der Waals surface area contributed by atoms with Gasteiger partial charge in [0.1, 0.15) is 5.78 Å². The summed E-state index contributed by atoms with van der Waals surface area (Å²) in [5.74, 6) is 1.78. The Bertz CT molecular complexity index is 155. The molecule has 0 amide bonds. The molecule has 1 aliphatic carbocycles.